The zero-order valence-corrected chi connectivity index (χ0v) is 13.9. The topological polar surface area (TPSA) is 110 Å². The van der Waals surface area contributed by atoms with Crippen molar-refractivity contribution >= 4 is 22.5 Å². The highest BCUT2D eigenvalue weighted by Crippen LogP contribution is 2.34. The maximum absolute atomic E-state index is 12.5. The highest BCUT2D eigenvalue weighted by molar-refractivity contribution is 6.09. The van der Waals surface area contributed by atoms with Crippen molar-refractivity contribution in [3.05, 3.63) is 52.6 Å². The van der Waals surface area contributed by atoms with E-state index in [2.05, 4.69) is 15.3 Å². The number of nitrogens with one attached hydrogen (secondary N) is 2. The second kappa shape index (κ2) is 6.64. The summed E-state index contributed by atoms with van der Waals surface area (Å²) in [7, 11) is 1.56. The molecule has 2 aromatic heterocycles. The van der Waals surface area contributed by atoms with Gasteiger partial charge in [0.25, 0.3) is 11.5 Å². The summed E-state index contributed by atoms with van der Waals surface area (Å²) in [6.45, 7) is 2.18. The average molecular weight is 338 g/mol. The van der Waals surface area contributed by atoms with E-state index in [0.717, 1.165) is 5.56 Å². The molecule has 3 aromatic rings. The lowest BCUT2D eigenvalue weighted by atomic mass is 10.0. The van der Waals surface area contributed by atoms with Crippen molar-refractivity contribution < 1.29 is 9.53 Å². The van der Waals surface area contributed by atoms with Crippen molar-refractivity contribution in [1.29, 1.82) is 0 Å². The number of anilines is 1. The molecule has 0 aliphatic rings. The second-order valence-electron chi connectivity index (χ2n) is 5.41. The number of hydrogen-bond acceptors (Lipinski definition) is 5. The van der Waals surface area contributed by atoms with Gasteiger partial charge in [0.15, 0.2) is 0 Å². The van der Waals surface area contributed by atoms with Crippen LogP contribution in [0, 0.1) is 0 Å². The number of nitrogens with two attached hydrogens (primary N) is 1. The number of ether oxygens (including phenoxy) is 1. The highest BCUT2D eigenvalue weighted by atomic mass is 16.5. The van der Waals surface area contributed by atoms with E-state index in [9.17, 15) is 9.59 Å². The van der Waals surface area contributed by atoms with E-state index in [0.29, 0.717) is 28.8 Å². The first-order valence-corrected chi connectivity index (χ1v) is 7.79. The lowest BCUT2D eigenvalue weighted by molar-refractivity contribution is 0.0955. The van der Waals surface area contributed by atoms with Crippen molar-refractivity contribution in [2.45, 2.75) is 6.92 Å². The number of hydrogen-bond donors (Lipinski definition) is 3. The summed E-state index contributed by atoms with van der Waals surface area (Å²) < 4.78 is 5.38. The predicted molar refractivity (Wildman–Crippen MR) is 96.8 cm³/mol. The molecule has 7 nitrogen and oxygen atoms in total. The summed E-state index contributed by atoms with van der Waals surface area (Å²) in [4.78, 5) is 31.5. The fourth-order valence-corrected chi connectivity index (χ4v) is 2.81. The Kier molecular flexibility index (Phi) is 4.38. The van der Waals surface area contributed by atoms with Crippen LogP contribution in [0.25, 0.3) is 22.0 Å². The van der Waals surface area contributed by atoms with Crippen LogP contribution >= 0.6 is 0 Å². The first-order valence-electron chi connectivity index (χ1n) is 7.79. The number of aromatic amines is 1. The molecule has 1 amide bonds. The van der Waals surface area contributed by atoms with E-state index in [1.54, 1.807) is 44.6 Å². The number of benzene rings is 1. The minimum Gasteiger partial charge on any atom is -0.496 e. The third-order valence-electron chi connectivity index (χ3n) is 3.95. The number of H-pyrrole nitrogens is 1. The molecule has 0 unspecified atom stereocenters. The van der Waals surface area contributed by atoms with Gasteiger partial charge < -0.3 is 20.8 Å². The number of methoxy groups -OCH3 is 1. The summed E-state index contributed by atoms with van der Waals surface area (Å²) in [5, 5.41) is 3.19. The van der Waals surface area contributed by atoms with Gasteiger partial charge in [-0.1, -0.05) is 18.2 Å². The van der Waals surface area contributed by atoms with E-state index < -0.39 is 11.5 Å². The zero-order chi connectivity index (χ0) is 18.0. The number of para-hydroxylation sites is 1. The van der Waals surface area contributed by atoms with Gasteiger partial charge in [-0.3, -0.25) is 14.6 Å². The Bertz CT molecular complexity index is 1010. The molecule has 0 fully saturated rings. The Morgan fingerprint density at radius 1 is 1.32 bits per heavy atom. The minimum atomic E-state index is -0.536. The molecule has 0 aliphatic heterocycles. The molecule has 25 heavy (non-hydrogen) atoms. The van der Waals surface area contributed by atoms with Crippen LogP contribution in [0.2, 0.25) is 0 Å². The number of aromatic nitrogens is 2. The van der Waals surface area contributed by atoms with Crippen LogP contribution in [0.1, 0.15) is 17.3 Å². The van der Waals surface area contributed by atoms with Gasteiger partial charge >= 0.3 is 0 Å². The second-order valence-corrected chi connectivity index (χ2v) is 5.41. The van der Waals surface area contributed by atoms with Gasteiger partial charge in [-0.2, -0.15) is 0 Å². The van der Waals surface area contributed by atoms with Gasteiger partial charge in [-0.15, -0.1) is 0 Å². The van der Waals surface area contributed by atoms with E-state index in [-0.39, 0.29) is 11.3 Å². The lowest BCUT2D eigenvalue weighted by Crippen LogP contribution is -2.30. The number of rotatable bonds is 4. The summed E-state index contributed by atoms with van der Waals surface area (Å²) in [6, 6.07) is 7.14. The Balaban J connectivity index is 2.31. The quantitative estimate of drug-likeness (QED) is 0.673. The molecule has 0 saturated heterocycles. The number of nitrogen functional groups attached to an aromatic ring is 1. The zero-order valence-electron chi connectivity index (χ0n) is 13.9. The first-order chi connectivity index (χ1) is 12.1. The van der Waals surface area contributed by atoms with Crippen molar-refractivity contribution in [2.75, 3.05) is 19.4 Å². The number of nitrogens with zero attached hydrogens (tertiary/aromatic N) is 1. The summed E-state index contributed by atoms with van der Waals surface area (Å²) in [5.74, 6) is 0.127. The molecule has 1 aromatic carbocycles. The van der Waals surface area contributed by atoms with Gasteiger partial charge in [0.1, 0.15) is 11.3 Å². The maximum Gasteiger partial charge on any atom is 0.263 e. The number of fused-ring (bicyclic) bond motifs is 1. The standard InChI is InChI=1S/C18H18N4O3/c1-3-21-17(23)14-15(19)11-6-4-5-10(16(11)22-18(14)24)12-9-20-8-7-13(12)25-2/h4-9H,3H2,1-2H3,(H,21,23)(H3,19,22,24). The molecule has 0 bridgehead atoms. The summed E-state index contributed by atoms with van der Waals surface area (Å²) >= 11 is 0. The Labute approximate surface area is 143 Å². The minimum absolute atomic E-state index is 0.0790. The summed E-state index contributed by atoms with van der Waals surface area (Å²) in [6.07, 6.45) is 3.28. The van der Waals surface area contributed by atoms with Crippen molar-refractivity contribution in [3.8, 4) is 16.9 Å². The summed E-state index contributed by atoms with van der Waals surface area (Å²) in [5.41, 5.74) is 7.64. The molecule has 7 heteroatoms. The molecular formula is C18H18N4O3. The van der Waals surface area contributed by atoms with Crippen LogP contribution in [0.5, 0.6) is 5.75 Å². The average Bonchev–Trinajstić information content (AvgIpc) is 2.61. The number of amides is 1. The number of carbonyl (C=O) groups excluding carboxylic acids is 1. The van der Waals surface area contributed by atoms with E-state index >= 15 is 0 Å². The third kappa shape index (κ3) is 2.80. The SMILES string of the molecule is CCNC(=O)c1c(N)c2cccc(-c3cnccc3OC)c2[nH]c1=O. The molecular weight excluding hydrogens is 320 g/mol. The van der Waals surface area contributed by atoms with Gasteiger partial charge in [0, 0.05) is 35.5 Å². The van der Waals surface area contributed by atoms with Crippen LogP contribution < -0.4 is 21.3 Å². The molecule has 128 valence electrons. The fraction of sp³-hybridized carbons (Fsp3) is 0.167. The van der Waals surface area contributed by atoms with Crippen LogP contribution in [-0.4, -0.2) is 29.5 Å². The molecule has 0 aliphatic carbocycles. The molecule has 2 heterocycles. The van der Waals surface area contributed by atoms with Gasteiger partial charge in [-0.05, 0) is 13.0 Å². The number of carbonyl (C=O) groups is 1. The van der Waals surface area contributed by atoms with Crippen LogP contribution in [-0.2, 0) is 0 Å². The van der Waals surface area contributed by atoms with Crippen molar-refractivity contribution in [3.63, 3.8) is 0 Å². The van der Waals surface area contributed by atoms with Gasteiger partial charge in [0.2, 0.25) is 0 Å². The monoisotopic (exact) mass is 338 g/mol. The first kappa shape index (κ1) is 16.5. The Morgan fingerprint density at radius 2 is 2.12 bits per heavy atom. The van der Waals surface area contributed by atoms with Crippen LogP contribution in [0.3, 0.4) is 0 Å². The Hall–Kier alpha value is -3.35. The van der Waals surface area contributed by atoms with Crippen LogP contribution in [0.4, 0.5) is 5.69 Å². The van der Waals surface area contributed by atoms with E-state index in [1.165, 1.54) is 0 Å². The normalized spacial score (nSPS) is 10.6. The molecule has 0 radical (unpaired) electrons. The van der Waals surface area contributed by atoms with E-state index in [4.69, 9.17) is 10.5 Å². The largest absolute Gasteiger partial charge is 0.496 e. The van der Waals surface area contributed by atoms with E-state index in [1.807, 2.05) is 6.07 Å². The molecule has 0 atom stereocenters. The fourth-order valence-electron chi connectivity index (χ4n) is 2.81. The molecule has 4 N–H and O–H groups in total. The third-order valence-corrected chi connectivity index (χ3v) is 3.95. The van der Waals surface area contributed by atoms with Crippen molar-refractivity contribution in [2.24, 2.45) is 0 Å². The Morgan fingerprint density at radius 3 is 2.84 bits per heavy atom. The lowest BCUT2D eigenvalue weighted by Gasteiger charge is -2.13. The van der Waals surface area contributed by atoms with Gasteiger partial charge in [-0.25, -0.2) is 0 Å². The van der Waals surface area contributed by atoms with Crippen molar-refractivity contribution in [1.82, 2.24) is 15.3 Å². The molecule has 3 rings (SSSR count). The van der Waals surface area contributed by atoms with Gasteiger partial charge in [0.05, 0.1) is 18.3 Å². The highest BCUT2D eigenvalue weighted by Gasteiger charge is 2.19. The maximum atomic E-state index is 12.5. The predicted octanol–water partition coefficient (Wildman–Crippen LogP) is 1.93. The smallest absolute Gasteiger partial charge is 0.263 e. The van der Waals surface area contributed by atoms with Crippen LogP contribution in [0.15, 0.2) is 41.5 Å². The number of pyridine rings is 2. The molecule has 0 spiro atoms. The molecule has 0 saturated carbocycles.